The van der Waals surface area contributed by atoms with E-state index in [1.54, 1.807) is 24.0 Å². The number of nitrogens with zero attached hydrogens (tertiary/aromatic N) is 1. The van der Waals surface area contributed by atoms with Gasteiger partial charge < -0.3 is 21.1 Å². The van der Waals surface area contributed by atoms with E-state index in [4.69, 9.17) is 5.73 Å². The van der Waals surface area contributed by atoms with E-state index in [9.17, 15) is 23.5 Å². The average molecular weight is 548 g/mol. The molecule has 0 fully saturated rings. The van der Waals surface area contributed by atoms with Gasteiger partial charge in [0.2, 0.25) is 11.8 Å². The van der Waals surface area contributed by atoms with Crippen LogP contribution in [-0.4, -0.2) is 54.1 Å². The second-order valence-electron chi connectivity index (χ2n) is 10.9. The number of carbonyl (C=O) groups is 2. The van der Waals surface area contributed by atoms with Gasteiger partial charge in [-0.2, -0.15) is 0 Å². The Morgan fingerprint density at radius 1 is 1.05 bits per heavy atom. The SMILES string of the molecule is CCCCCCNC[C@H](O)[C@@H](Cc1cc(F)cc(F)c1)C1(C(N)=O)C=C(C)C=C(C(=O)N(CCC)CCC)C1. The Bertz CT molecular complexity index is 1000. The van der Waals surface area contributed by atoms with Crippen molar-refractivity contribution in [3.05, 3.63) is 58.7 Å². The third kappa shape index (κ3) is 9.24. The number of primary amides is 1. The first-order valence-corrected chi connectivity index (χ1v) is 14.4. The first-order chi connectivity index (χ1) is 18.6. The van der Waals surface area contributed by atoms with E-state index in [2.05, 4.69) is 12.2 Å². The molecular formula is C31H47F2N3O3. The van der Waals surface area contributed by atoms with Gasteiger partial charge >= 0.3 is 0 Å². The van der Waals surface area contributed by atoms with Crippen molar-refractivity contribution in [2.24, 2.45) is 17.1 Å². The number of aliphatic hydroxyl groups is 1. The maximum Gasteiger partial charge on any atom is 0.249 e. The largest absolute Gasteiger partial charge is 0.391 e. The molecule has 39 heavy (non-hydrogen) atoms. The minimum atomic E-state index is -1.42. The number of amides is 2. The quantitative estimate of drug-likeness (QED) is 0.238. The first kappa shape index (κ1) is 32.6. The molecule has 1 unspecified atom stereocenters. The molecule has 0 saturated heterocycles. The molecule has 1 aliphatic carbocycles. The van der Waals surface area contributed by atoms with Crippen LogP contribution in [0.4, 0.5) is 8.78 Å². The number of nitrogens with one attached hydrogen (secondary N) is 1. The molecule has 1 aliphatic rings. The van der Waals surface area contributed by atoms with E-state index in [0.29, 0.717) is 36.3 Å². The molecule has 0 spiro atoms. The molecule has 1 aromatic rings. The molecule has 3 atom stereocenters. The van der Waals surface area contributed by atoms with E-state index in [-0.39, 0.29) is 25.3 Å². The maximum atomic E-state index is 14.1. The number of hydrogen-bond acceptors (Lipinski definition) is 4. The van der Waals surface area contributed by atoms with Gasteiger partial charge in [0.05, 0.1) is 11.5 Å². The molecule has 0 saturated carbocycles. The van der Waals surface area contributed by atoms with Crippen molar-refractivity contribution in [3.63, 3.8) is 0 Å². The predicted octanol–water partition coefficient (Wildman–Crippen LogP) is 5.05. The molecule has 0 radical (unpaired) electrons. The van der Waals surface area contributed by atoms with E-state index in [0.717, 1.165) is 44.6 Å². The number of unbranched alkanes of at least 4 members (excludes halogenated alkanes) is 3. The van der Waals surface area contributed by atoms with Gasteiger partial charge in [-0.3, -0.25) is 9.59 Å². The van der Waals surface area contributed by atoms with Gasteiger partial charge in [0.15, 0.2) is 0 Å². The van der Waals surface area contributed by atoms with Crippen LogP contribution in [0, 0.1) is 23.0 Å². The lowest BCUT2D eigenvalue weighted by Gasteiger charge is -2.42. The summed E-state index contributed by atoms with van der Waals surface area (Å²) in [6.45, 7) is 10.0. The van der Waals surface area contributed by atoms with Crippen LogP contribution in [-0.2, 0) is 16.0 Å². The second-order valence-corrected chi connectivity index (χ2v) is 10.9. The summed E-state index contributed by atoms with van der Waals surface area (Å²) in [5, 5.41) is 14.7. The van der Waals surface area contributed by atoms with Gasteiger partial charge in [-0.15, -0.1) is 0 Å². The molecule has 1 aromatic carbocycles. The third-order valence-corrected chi connectivity index (χ3v) is 7.44. The van der Waals surface area contributed by atoms with Crippen LogP contribution in [0.2, 0.25) is 0 Å². The van der Waals surface area contributed by atoms with Gasteiger partial charge in [0, 0.05) is 37.2 Å². The Morgan fingerprint density at radius 2 is 1.69 bits per heavy atom. The number of rotatable bonds is 17. The first-order valence-electron chi connectivity index (χ1n) is 14.4. The summed E-state index contributed by atoms with van der Waals surface area (Å²) in [4.78, 5) is 28.6. The second kappa shape index (κ2) is 15.9. The highest BCUT2D eigenvalue weighted by Gasteiger charge is 2.48. The number of benzene rings is 1. The highest BCUT2D eigenvalue weighted by molar-refractivity contribution is 5.96. The molecule has 4 N–H and O–H groups in total. The number of hydrogen-bond donors (Lipinski definition) is 3. The van der Waals surface area contributed by atoms with Crippen molar-refractivity contribution in [2.75, 3.05) is 26.2 Å². The Balaban J connectivity index is 2.45. The minimum absolute atomic E-state index is 0.00911. The number of allylic oxidation sites excluding steroid dienone is 2. The number of carbonyl (C=O) groups excluding carboxylic acids is 2. The molecule has 8 heteroatoms. The fourth-order valence-electron chi connectivity index (χ4n) is 5.63. The molecule has 2 rings (SSSR count). The van der Waals surface area contributed by atoms with E-state index in [1.165, 1.54) is 12.1 Å². The maximum absolute atomic E-state index is 14.1. The minimum Gasteiger partial charge on any atom is -0.391 e. The zero-order valence-electron chi connectivity index (χ0n) is 24.1. The lowest BCUT2D eigenvalue weighted by atomic mass is 9.63. The van der Waals surface area contributed by atoms with E-state index in [1.807, 2.05) is 13.8 Å². The van der Waals surface area contributed by atoms with Crippen LogP contribution in [0.25, 0.3) is 0 Å². The number of aliphatic hydroxyl groups excluding tert-OH is 1. The molecular weight excluding hydrogens is 500 g/mol. The Morgan fingerprint density at radius 3 is 2.26 bits per heavy atom. The summed E-state index contributed by atoms with van der Waals surface area (Å²) in [6.07, 6.45) is 8.32. The number of halogens is 2. The van der Waals surface area contributed by atoms with Gasteiger partial charge in [-0.25, -0.2) is 8.78 Å². The van der Waals surface area contributed by atoms with Crippen LogP contribution in [0.5, 0.6) is 0 Å². The third-order valence-electron chi connectivity index (χ3n) is 7.44. The molecule has 6 nitrogen and oxygen atoms in total. The monoisotopic (exact) mass is 547 g/mol. The van der Waals surface area contributed by atoms with Crippen molar-refractivity contribution in [2.45, 2.75) is 85.2 Å². The van der Waals surface area contributed by atoms with Crippen LogP contribution in [0.3, 0.4) is 0 Å². The van der Waals surface area contributed by atoms with Crippen LogP contribution < -0.4 is 11.1 Å². The number of nitrogens with two attached hydrogens (primary N) is 1. The summed E-state index contributed by atoms with van der Waals surface area (Å²) in [7, 11) is 0. The van der Waals surface area contributed by atoms with E-state index < -0.39 is 35.0 Å². The zero-order valence-corrected chi connectivity index (χ0v) is 24.1. The topological polar surface area (TPSA) is 95.7 Å². The highest BCUT2D eigenvalue weighted by Crippen LogP contribution is 2.44. The van der Waals surface area contributed by atoms with E-state index >= 15 is 0 Å². The summed E-state index contributed by atoms with van der Waals surface area (Å²) < 4.78 is 28.2. The molecule has 0 aliphatic heterocycles. The van der Waals surface area contributed by atoms with Crippen LogP contribution in [0.1, 0.15) is 78.2 Å². The van der Waals surface area contributed by atoms with Crippen molar-refractivity contribution in [1.82, 2.24) is 10.2 Å². The van der Waals surface area contributed by atoms with Crippen molar-refractivity contribution >= 4 is 11.8 Å². The lowest BCUT2D eigenvalue weighted by molar-refractivity contribution is -0.132. The van der Waals surface area contributed by atoms with Crippen molar-refractivity contribution in [1.29, 1.82) is 0 Å². The van der Waals surface area contributed by atoms with Crippen molar-refractivity contribution in [3.8, 4) is 0 Å². The Kier molecular flexibility index (Phi) is 13.3. The van der Waals surface area contributed by atoms with Gasteiger partial charge in [0.25, 0.3) is 0 Å². The summed E-state index contributed by atoms with van der Waals surface area (Å²) in [5.74, 6) is -3.13. The average Bonchev–Trinajstić information content (AvgIpc) is 2.87. The molecule has 0 aromatic heterocycles. The van der Waals surface area contributed by atoms with Gasteiger partial charge in [0.1, 0.15) is 11.6 Å². The summed E-state index contributed by atoms with van der Waals surface area (Å²) in [6, 6.07) is 3.21. The zero-order chi connectivity index (χ0) is 29.0. The highest BCUT2D eigenvalue weighted by atomic mass is 19.1. The fraction of sp³-hybridized carbons (Fsp3) is 0.613. The van der Waals surface area contributed by atoms with Gasteiger partial charge in [-0.1, -0.05) is 57.8 Å². The standard InChI is InChI=1S/C31H47F2N3O3/c1-5-8-9-10-11-35-21-28(37)27(17-23-15-25(32)18-26(33)16-23)31(30(34)39)19-22(4)14-24(20-31)29(38)36(12-6-2)13-7-3/h14-16,18-19,27-28,35,37H,5-13,17,20-21H2,1-4H3,(H2,34,39)/t27-,28+,31?/m1/s1. The lowest BCUT2D eigenvalue weighted by Crippen LogP contribution is -2.52. The fourth-order valence-corrected chi connectivity index (χ4v) is 5.63. The smallest absolute Gasteiger partial charge is 0.249 e. The Labute approximate surface area is 232 Å². The normalized spacial score (nSPS) is 18.7. The van der Waals surface area contributed by atoms with Crippen LogP contribution >= 0.6 is 0 Å². The summed E-state index contributed by atoms with van der Waals surface area (Å²) >= 11 is 0. The van der Waals surface area contributed by atoms with Crippen LogP contribution in [0.15, 0.2) is 41.5 Å². The molecule has 0 bridgehead atoms. The molecule has 0 heterocycles. The Hall–Kier alpha value is -2.58. The predicted molar refractivity (Wildman–Crippen MR) is 152 cm³/mol. The molecule has 218 valence electrons. The van der Waals surface area contributed by atoms with Gasteiger partial charge in [-0.05, 0) is 63.3 Å². The molecule has 2 amide bonds. The summed E-state index contributed by atoms with van der Waals surface area (Å²) in [5.41, 5.74) is 6.10. The van der Waals surface area contributed by atoms with Crippen molar-refractivity contribution < 1.29 is 23.5 Å².